The second-order valence-corrected chi connectivity index (χ2v) is 9.75. The van der Waals surface area contributed by atoms with E-state index in [-0.39, 0.29) is 16.3 Å². The number of aryl methyl sites for hydroxylation is 1. The summed E-state index contributed by atoms with van der Waals surface area (Å²) in [6.07, 6.45) is 0. The zero-order chi connectivity index (χ0) is 21.2. The minimum absolute atomic E-state index is 0.216. The van der Waals surface area contributed by atoms with Crippen molar-refractivity contribution in [3.8, 4) is 5.75 Å². The Balaban J connectivity index is 1.73. The number of hydrogen-bond donors (Lipinski definition) is 2. The monoisotopic (exact) mass is 417 g/mol. The molecule has 1 fully saturated rings. The van der Waals surface area contributed by atoms with E-state index in [2.05, 4.69) is 10.6 Å². The molecule has 7 nitrogen and oxygen atoms in total. The van der Waals surface area contributed by atoms with E-state index in [0.29, 0.717) is 36.6 Å². The van der Waals surface area contributed by atoms with Gasteiger partial charge in [-0.1, -0.05) is 0 Å². The van der Waals surface area contributed by atoms with Gasteiger partial charge in [-0.25, -0.2) is 8.42 Å². The number of ether oxygens (including phenoxy) is 1. The van der Waals surface area contributed by atoms with Gasteiger partial charge in [-0.15, -0.1) is 0 Å². The molecule has 8 heteroatoms. The highest BCUT2D eigenvalue weighted by Crippen LogP contribution is 2.23. The lowest BCUT2D eigenvalue weighted by molar-refractivity contribution is 0.102. The topological polar surface area (TPSA) is 87.7 Å². The number of carbonyl (C=O) groups is 1. The summed E-state index contributed by atoms with van der Waals surface area (Å²) in [4.78, 5) is 12.7. The Labute approximate surface area is 172 Å². The fourth-order valence-electron chi connectivity index (χ4n) is 3.38. The molecule has 2 N–H and O–H groups in total. The average Bonchev–Trinajstić information content (AvgIpc) is 2.67. The number of sulfonamides is 1. The highest BCUT2D eigenvalue weighted by Gasteiger charge is 2.33. The van der Waals surface area contributed by atoms with Crippen molar-refractivity contribution in [3.63, 3.8) is 0 Å². The molecule has 1 amide bonds. The van der Waals surface area contributed by atoms with Gasteiger partial charge in [0.05, 0.1) is 12.0 Å². The minimum atomic E-state index is -3.58. The van der Waals surface area contributed by atoms with Crippen LogP contribution in [-0.4, -0.2) is 50.9 Å². The number of rotatable bonds is 5. The fraction of sp³-hybridized carbons (Fsp3) is 0.381. The summed E-state index contributed by atoms with van der Waals surface area (Å²) in [5, 5.41) is 6.10. The molecule has 0 spiro atoms. The lowest BCUT2D eigenvalue weighted by Gasteiger charge is -2.38. The Morgan fingerprint density at radius 1 is 1.17 bits per heavy atom. The molecule has 0 saturated carbocycles. The van der Waals surface area contributed by atoms with E-state index < -0.39 is 10.0 Å². The van der Waals surface area contributed by atoms with Gasteiger partial charge in [0.15, 0.2) is 0 Å². The molecule has 1 aliphatic heterocycles. The molecule has 0 atom stereocenters. The summed E-state index contributed by atoms with van der Waals surface area (Å²) in [5.41, 5.74) is 1.63. The number of methoxy groups -OCH3 is 1. The van der Waals surface area contributed by atoms with Crippen LogP contribution in [0.4, 0.5) is 5.69 Å². The largest absolute Gasteiger partial charge is 0.496 e. The number of benzene rings is 2. The molecule has 0 aliphatic carbocycles. The Hall–Kier alpha value is -2.42. The van der Waals surface area contributed by atoms with Crippen LogP contribution in [0.15, 0.2) is 47.4 Å². The average molecular weight is 418 g/mol. The molecule has 156 valence electrons. The molecule has 1 heterocycles. The van der Waals surface area contributed by atoms with Gasteiger partial charge >= 0.3 is 0 Å². The normalized spacial score (nSPS) is 17.0. The quantitative estimate of drug-likeness (QED) is 0.781. The Morgan fingerprint density at radius 3 is 2.45 bits per heavy atom. The van der Waals surface area contributed by atoms with Crippen molar-refractivity contribution in [3.05, 3.63) is 53.6 Å². The third kappa shape index (κ3) is 4.77. The number of nitrogens with zero attached hydrogens (tertiary/aromatic N) is 1. The van der Waals surface area contributed by atoms with Crippen LogP contribution in [0.1, 0.15) is 29.8 Å². The first-order valence-corrected chi connectivity index (χ1v) is 10.9. The van der Waals surface area contributed by atoms with Crippen LogP contribution in [-0.2, 0) is 10.0 Å². The second kappa shape index (κ2) is 8.14. The molecule has 2 aromatic rings. The molecule has 0 bridgehead atoms. The molecular weight excluding hydrogens is 390 g/mol. The van der Waals surface area contributed by atoms with Crippen molar-refractivity contribution in [1.82, 2.24) is 9.62 Å². The van der Waals surface area contributed by atoms with Gasteiger partial charge in [0.2, 0.25) is 10.0 Å². The zero-order valence-corrected chi connectivity index (χ0v) is 18.0. The minimum Gasteiger partial charge on any atom is -0.496 e. The summed E-state index contributed by atoms with van der Waals surface area (Å²) >= 11 is 0. The third-order valence-corrected chi connectivity index (χ3v) is 6.80. The van der Waals surface area contributed by atoms with Crippen molar-refractivity contribution in [2.45, 2.75) is 31.2 Å². The van der Waals surface area contributed by atoms with Crippen molar-refractivity contribution in [1.29, 1.82) is 0 Å². The van der Waals surface area contributed by atoms with Crippen LogP contribution < -0.4 is 15.4 Å². The number of piperazine rings is 1. The number of anilines is 1. The van der Waals surface area contributed by atoms with Crippen LogP contribution in [0, 0.1) is 6.92 Å². The Bertz CT molecular complexity index is 1000. The standard InChI is InChI=1S/C21H27N3O4S/c1-15-13-16(5-10-19(15)28-4)20(25)23-17-6-8-18(9-7-17)29(26,27)24-12-11-22-21(2,3)14-24/h5-10,13,22H,11-12,14H2,1-4H3,(H,23,25). The summed E-state index contributed by atoms with van der Waals surface area (Å²) < 4.78 is 32.6. The second-order valence-electron chi connectivity index (χ2n) is 7.81. The highest BCUT2D eigenvalue weighted by molar-refractivity contribution is 7.89. The SMILES string of the molecule is COc1ccc(C(=O)Nc2ccc(S(=O)(=O)N3CCNC(C)(C)C3)cc2)cc1C. The number of hydrogen-bond acceptors (Lipinski definition) is 5. The van der Waals surface area contributed by atoms with Crippen molar-refractivity contribution in [2.75, 3.05) is 32.1 Å². The summed E-state index contributed by atoms with van der Waals surface area (Å²) in [6, 6.07) is 11.4. The third-order valence-electron chi connectivity index (χ3n) is 4.94. The van der Waals surface area contributed by atoms with Gasteiger partial charge < -0.3 is 15.4 Å². The van der Waals surface area contributed by atoms with Gasteiger partial charge in [0, 0.05) is 36.4 Å². The lowest BCUT2D eigenvalue weighted by Crippen LogP contribution is -2.58. The first kappa shape index (κ1) is 21.3. The summed E-state index contributed by atoms with van der Waals surface area (Å²) in [6.45, 7) is 7.28. The van der Waals surface area contributed by atoms with Crippen molar-refractivity contribution >= 4 is 21.6 Å². The smallest absolute Gasteiger partial charge is 0.255 e. The maximum atomic E-state index is 12.9. The molecule has 1 aliphatic rings. The van der Waals surface area contributed by atoms with Gasteiger partial charge in [0.1, 0.15) is 5.75 Å². The van der Waals surface area contributed by atoms with Gasteiger partial charge in [-0.3, -0.25) is 4.79 Å². The zero-order valence-electron chi connectivity index (χ0n) is 17.2. The first-order valence-electron chi connectivity index (χ1n) is 9.44. The van der Waals surface area contributed by atoms with Crippen LogP contribution >= 0.6 is 0 Å². The molecule has 2 aromatic carbocycles. The van der Waals surface area contributed by atoms with E-state index in [1.54, 1.807) is 37.4 Å². The van der Waals surface area contributed by atoms with Crippen molar-refractivity contribution in [2.24, 2.45) is 0 Å². The van der Waals surface area contributed by atoms with E-state index >= 15 is 0 Å². The van der Waals surface area contributed by atoms with E-state index in [0.717, 1.165) is 5.56 Å². The van der Waals surface area contributed by atoms with E-state index in [1.165, 1.54) is 16.4 Å². The maximum absolute atomic E-state index is 12.9. The summed E-state index contributed by atoms with van der Waals surface area (Å²) in [7, 11) is -1.99. The Morgan fingerprint density at radius 2 is 1.86 bits per heavy atom. The van der Waals surface area contributed by atoms with Crippen LogP contribution in [0.5, 0.6) is 5.75 Å². The first-order chi connectivity index (χ1) is 13.6. The molecule has 1 saturated heterocycles. The van der Waals surface area contributed by atoms with Crippen LogP contribution in [0.2, 0.25) is 0 Å². The van der Waals surface area contributed by atoms with E-state index in [4.69, 9.17) is 4.74 Å². The molecule has 0 radical (unpaired) electrons. The van der Waals surface area contributed by atoms with Crippen LogP contribution in [0.3, 0.4) is 0 Å². The van der Waals surface area contributed by atoms with Crippen molar-refractivity contribution < 1.29 is 17.9 Å². The number of carbonyl (C=O) groups excluding carboxylic acids is 1. The molecule has 29 heavy (non-hydrogen) atoms. The lowest BCUT2D eigenvalue weighted by atomic mass is 10.0. The van der Waals surface area contributed by atoms with Crippen LogP contribution in [0.25, 0.3) is 0 Å². The predicted molar refractivity (Wildman–Crippen MR) is 113 cm³/mol. The molecular formula is C21H27N3O4S. The van der Waals surface area contributed by atoms with Gasteiger partial charge in [-0.05, 0) is 68.8 Å². The number of nitrogens with one attached hydrogen (secondary N) is 2. The van der Waals surface area contributed by atoms with E-state index in [9.17, 15) is 13.2 Å². The van der Waals surface area contributed by atoms with Gasteiger partial charge in [0.25, 0.3) is 5.91 Å². The Kier molecular flexibility index (Phi) is 5.97. The molecule has 3 rings (SSSR count). The number of amides is 1. The molecule has 0 unspecified atom stereocenters. The molecule has 0 aromatic heterocycles. The predicted octanol–water partition coefficient (Wildman–Crippen LogP) is 2.63. The summed E-state index contributed by atoms with van der Waals surface area (Å²) in [5.74, 6) is 0.447. The van der Waals surface area contributed by atoms with E-state index in [1.807, 2.05) is 20.8 Å². The highest BCUT2D eigenvalue weighted by atomic mass is 32.2. The maximum Gasteiger partial charge on any atom is 0.255 e. The fourth-order valence-corrected chi connectivity index (χ4v) is 4.98. The van der Waals surface area contributed by atoms with Gasteiger partial charge in [-0.2, -0.15) is 4.31 Å².